The average Bonchev–Trinajstić information content (AvgIpc) is 2.62. The molecule has 0 radical (unpaired) electrons. The van der Waals surface area contributed by atoms with Gasteiger partial charge in [-0.05, 0) is 32.9 Å². The highest BCUT2D eigenvalue weighted by Gasteiger charge is 2.23. The van der Waals surface area contributed by atoms with Crippen molar-refractivity contribution in [3.63, 3.8) is 0 Å². The number of piperazine rings is 1. The van der Waals surface area contributed by atoms with E-state index in [9.17, 15) is 4.79 Å². The molecule has 0 atom stereocenters. The predicted molar refractivity (Wildman–Crippen MR) is 100 cm³/mol. The molecule has 0 bridgehead atoms. The highest BCUT2D eigenvalue weighted by Crippen LogP contribution is 2.18. The topological polar surface area (TPSA) is 61.4 Å². The Kier molecular flexibility index (Phi) is 5.16. The highest BCUT2D eigenvalue weighted by atomic mass is 16.2. The van der Waals surface area contributed by atoms with E-state index < -0.39 is 0 Å². The van der Waals surface area contributed by atoms with Gasteiger partial charge in [0.15, 0.2) is 0 Å². The van der Waals surface area contributed by atoms with Crippen LogP contribution in [0.25, 0.3) is 0 Å². The first-order chi connectivity index (χ1) is 12.1. The Hall–Kier alpha value is -2.63. The summed E-state index contributed by atoms with van der Waals surface area (Å²) in [4.78, 5) is 25.7. The zero-order valence-electron chi connectivity index (χ0n) is 15.1. The molecule has 1 fully saturated rings. The maximum Gasteiger partial charge on any atom is 0.253 e. The summed E-state index contributed by atoms with van der Waals surface area (Å²) in [6.45, 7) is 9.76. The van der Waals surface area contributed by atoms with Crippen LogP contribution in [0.2, 0.25) is 0 Å². The zero-order chi connectivity index (χ0) is 17.8. The normalized spacial score (nSPS) is 14.5. The molecule has 1 N–H and O–H groups in total. The molecule has 132 valence electrons. The van der Waals surface area contributed by atoms with E-state index in [-0.39, 0.29) is 5.91 Å². The summed E-state index contributed by atoms with van der Waals surface area (Å²) in [6.07, 6.45) is 0. The van der Waals surface area contributed by atoms with Gasteiger partial charge >= 0.3 is 0 Å². The second-order valence-electron chi connectivity index (χ2n) is 6.33. The first-order valence-corrected chi connectivity index (χ1v) is 8.77. The highest BCUT2D eigenvalue weighted by molar-refractivity contribution is 5.94. The standard InChI is InChI=1S/C19H25N5O/c1-4-20-17-13-18(22-15(3)21-17)23-9-11-24(12-10-23)19(25)16-7-5-14(2)6-8-16/h5-8,13H,4,9-12H2,1-3H3,(H,20,21,22). The molecule has 0 saturated carbocycles. The molecule has 0 unspecified atom stereocenters. The number of rotatable bonds is 4. The van der Waals surface area contributed by atoms with Gasteiger partial charge in [-0.15, -0.1) is 0 Å². The number of aromatic nitrogens is 2. The average molecular weight is 339 g/mol. The van der Waals surface area contributed by atoms with Gasteiger partial charge in [0.25, 0.3) is 5.91 Å². The minimum atomic E-state index is 0.104. The molecule has 25 heavy (non-hydrogen) atoms. The molecule has 1 saturated heterocycles. The van der Waals surface area contributed by atoms with E-state index in [1.165, 1.54) is 0 Å². The fourth-order valence-corrected chi connectivity index (χ4v) is 3.00. The summed E-state index contributed by atoms with van der Waals surface area (Å²) >= 11 is 0. The van der Waals surface area contributed by atoms with Crippen molar-refractivity contribution in [2.75, 3.05) is 42.9 Å². The van der Waals surface area contributed by atoms with Crippen LogP contribution >= 0.6 is 0 Å². The molecule has 6 nitrogen and oxygen atoms in total. The largest absolute Gasteiger partial charge is 0.370 e. The van der Waals surface area contributed by atoms with Crippen LogP contribution in [0.3, 0.4) is 0 Å². The van der Waals surface area contributed by atoms with Gasteiger partial charge in [-0.3, -0.25) is 4.79 Å². The van der Waals surface area contributed by atoms with Crippen LogP contribution < -0.4 is 10.2 Å². The van der Waals surface area contributed by atoms with Gasteiger partial charge < -0.3 is 15.1 Å². The SMILES string of the molecule is CCNc1cc(N2CCN(C(=O)c3ccc(C)cc3)CC2)nc(C)n1. The summed E-state index contributed by atoms with van der Waals surface area (Å²) in [5.74, 6) is 2.63. The van der Waals surface area contributed by atoms with Crippen molar-refractivity contribution in [3.05, 3.63) is 47.3 Å². The molecular formula is C19H25N5O. The summed E-state index contributed by atoms with van der Waals surface area (Å²) < 4.78 is 0. The second kappa shape index (κ2) is 7.51. The maximum absolute atomic E-state index is 12.6. The summed E-state index contributed by atoms with van der Waals surface area (Å²) in [7, 11) is 0. The van der Waals surface area contributed by atoms with Gasteiger partial charge in [0, 0.05) is 44.4 Å². The lowest BCUT2D eigenvalue weighted by Crippen LogP contribution is -2.49. The Morgan fingerprint density at radius 1 is 1.08 bits per heavy atom. The molecule has 0 aliphatic carbocycles. The smallest absolute Gasteiger partial charge is 0.253 e. The molecule has 0 spiro atoms. The van der Waals surface area contributed by atoms with Crippen LogP contribution in [-0.2, 0) is 0 Å². The molecule has 1 amide bonds. The quantitative estimate of drug-likeness (QED) is 0.927. The lowest BCUT2D eigenvalue weighted by Gasteiger charge is -2.35. The molecule has 1 aromatic carbocycles. The molecule has 1 aromatic heterocycles. The number of hydrogen-bond donors (Lipinski definition) is 1. The summed E-state index contributed by atoms with van der Waals surface area (Å²) in [5, 5.41) is 3.24. The number of nitrogens with zero attached hydrogens (tertiary/aromatic N) is 4. The number of amides is 1. The molecule has 3 rings (SSSR count). The number of nitrogens with one attached hydrogen (secondary N) is 1. The van der Waals surface area contributed by atoms with Gasteiger partial charge in [-0.1, -0.05) is 17.7 Å². The third-order valence-corrected chi connectivity index (χ3v) is 4.37. The fraction of sp³-hybridized carbons (Fsp3) is 0.421. The molecule has 2 heterocycles. The first-order valence-electron chi connectivity index (χ1n) is 8.77. The van der Waals surface area contributed by atoms with Crippen molar-refractivity contribution in [2.45, 2.75) is 20.8 Å². The third kappa shape index (κ3) is 4.07. The van der Waals surface area contributed by atoms with Crippen molar-refractivity contribution in [3.8, 4) is 0 Å². The minimum absolute atomic E-state index is 0.104. The van der Waals surface area contributed by atoms with Crippen LogP contribution in [0.4, 0.5) is 11.6 Å². The van der Waals surface area contributed by atoms with Crippen LogP contribution in [0.15, 0.2) is 30.3 Å². The maximum atomic E-state index is 12.6. The number of hydrogen-bond acceptors (Lipinski definition) is 5. The summed E-state index contributed by atoms with van der Waals surface area (Å²) in [6, 6.07) is 9.75. The van der Waals surface area contributed by atoms with E-state index in [1.807, 2.05) is 56.0 Å². The summed E-state index contributed by atoms with van der Waals surface area (Å²) in [5.41, 5.74) is 1.92. The number of carbonyl (C=O) groups excluding carboxylic acids is 1. The number of anilines is 2. The van der Waals surface area contributed by atoms with E-state index in [0.29, 0.717) is 13.1 Å². The van der Waals surface area contributed by atoms with Crippen LogP contribution in [-0.4, -0.2) is 53.5 Å². The minimum Gasteiger partial charge on any atom is -0.370 e. The zero-order valence-corrected chi connectivity index (χ0v) is 15.1. The van der Waals surface area contributed by atoms with E-state index in [2.05, 4.69) is 20.2 Å². The van der Waals surface area contributed by atoms with Crippen molar-refractivity contribution in [1.82, 2.24) is 14.9 Å². The lowest BCUT2D eigenvalue weighted by atomic mass is 10.1. The molecule has 1 aliphatic rings. The Balaban J connectivity index is 1.65. The van der Waals surface area contributed by atoms with Crippen LogP contribution in [0, 0.1) is 13.8 Å². The van der Waals surface area contributed by atoms with Crippen LogP contribution in [0.5, 0.6) is 0 Å². The molecule has 2 aromatic rings. The molecule has 6 heteroatoms. The van der Waals surface area contributed by atoms with Crippen molar-refractivity contribution < 1.29 is 4.79 Å². The number of carbonyl (C=O) groups is 1. The van der Waals surface area contributed by atoms with Gasteiger partial charge in [0.2, 0.25) is 0 Å². The van der Waals surface area contributed by atoms with Crippen molar-refractivity contribution >= 4 is 17.5 Å². The van der Waals surface area contributed by atoms with E-state index in [1.54, 1.807) is 0 Å². The number of benzene rings is 1. The number of aryl methyl sites for hydroxylation is 2. The van der Waals surface area contributed by atoms with E-state index in [0.717, 1.165) is 48.2 Å². The van der Waals surface area contributed by atoms with E-state index >= 15 is 0 Å². The monoisotopic (exact) mass is 339 g/mol. The molecular weight excluding hydrogens is 314 g/mol. The Morgan fingerprint density at radius 2 is 1.76 bits per heavy atom. The van der Waals surface area contributed by atoms with Crippen LogP contribution in [0.1, 0.15) is 28.7 Å². The van der Waals surface area contributed by atoms with E-state index in [4.69, 9.17) is 0 Å². The lowest BCUT2D eigenvalue weighted by molar-refractivity contribution is 0.0746. The Labute approximate surface area is 148 Å². The van der Waals surface area contributed by atoms with Gasteiger partial charge in [-0.2, -0.15) is 0 Å². The first kappa shape index (κ1) is 17.2. The Bertz CT molecular complexity index is 736. The van der Waals surface area contributed by atoms with Gasteiger partial charge in [-0.25, -0.2) is 9.97 Å². The van der Waals surface area contributed by atoms with Crippen molar-refractivity contribution in [2.24, 2.45) is 0 Å². The Morgan fingerprint density at radius 3 is 2.40 bits per heavy atom. The van der Waals surface area contributed by atoms with Gasteiger partial charge in [0.1, 0.15) is 17.5 Å². The fourth-order valence-electron chi connectivity index (χ4n) is 3.00. The third-order valence-electron chi connectivity index (χ3n) is 4.37. The predicted octanol–water partition coefficient (Wildman–Crippen LogP) is 2.49. The van der Waals surface area contributed by atoms with Gasteiger partial charge in [0.05, 0.1) is 0 Å². The molecule has 1 aliphatic heterocycles. The second-order valence-corrected chi connectivity index (χ2v) is 6.33. The van der Waals surface area contributed by atoms with Crippen molar-refractivity contribution in [1.29, 1.82) is 0 Å².